The molecule has 0 aliphatic carbocycles. The number of hydrogen-bond donors (Lipinski definition) is 1. The number of carbonyl (C=O) groups is 1. The quantitative estimate of drug-likeness (QED) is 0.629. The molecule has 0 unspecified atom stereocenters. The van der Waals surface area contributed by atoms with Crippen molar-refractivity contribution in [1.29, 1.82) is 0 Å². The molecular formula is C16H17BrN6O3S. The van der Waals surface area contributed by atoms with Gasteiger partial charge in [-0.05, 0) is 40.5 Å². The Morgan fingerprint density at radius 2 is 1.93 bits per heavy atom. The maximum absolute atomic E-state index is 12.4. The van der Waals surface area contributed by atoms with E-state index in [1.165, 1.54) is 30.7 Å². The minimum atomic E-state index is -3.49. The Morgan fingerprint density at radius 3 is 2.56 bits per heavy atom. The number of nitrogens with one attached hydrogen (secondary N) is 1. The predicted molar refractivity (Wildman–Crippen MR) is 102 cm³/mol. The van der Waals surface area contributed by atoms with Gasteiger partial charge >= 0.3 is 0 Å². The van der Waals surface area contributed by atoms with Crippen LogP contribution in [0.1, 0.15) is 29.1 Å². The molecule has 0 saturated heterocycles. The van der Waals surface area contributed by atoms with Crippen LogP contribution in [0, 0.1) is 0 Å². The Kier molecular flexibility index (Phi) is 5.27. The molecule has 0 aliphatic rings. The van der Waals surface area contributed by atoms with Crippen LogP contribution in [0.25, 0.3) is 5.78 Å². The number of rotatable bonds is 5. The number of amides is 1. The molecule has 0 aliphatic heterocycles. The van der Waals surface area contributed by atoms with Gasteiger partial charge < -0.3 is 5.32 Å². The monoisotopic (exact) mass is 452 g/mol. The molecule has 27 heavy (non-hydrogen) atoms. The molecule has 142 valence electrons. The molecule has 0 saturated carbocycles. The van der Waals surface area contributed by atoms with Gasteiger partial charge in [-0.15, -0.1) is 5.10 Å². The largest absolute Gasteiger partial charge is 0.343 e. The van der Waals surface area contributed by atoms with E-state index in [1.807, 2.05) is 0 Å². The molecule has 3 rings (SSSR count). The van der Waals surface area contributed by atoms with Crippen molar-refractivity contribution < 1.29 is 13.2 Å². The minimum Gasteiger partial charge on any atom is -0.343 e. The van der Waals surface area contributed by atoms with E-state index in [2.05, 4.69) is 36.3 Å². The molecule has 0 bridgehead atoms. The Morgan fingerprint density at radius 1 is 1.26 bits per heavy atom. The number of sulfonamides is 1. The Labute approximate surface area is 164 Å². The zero-order valence-electron chi connectivity index (χ0n) is 14.8. The second-order valence-corrected chi connectivity index (χ2v) is 9.07. The summed E-state index contributed by atoms with van der Waals surface area (Å²) < 4.78 is 27.5. The number of halogens is 1. The highest BCUT2D eigenvalue weighted by atomic mass is 79.9. The summed E-state index contributed by atoms with van der Waals surface area (Å²) in [4.78, 5) is 20.8. The maximum Gasteiger partial charge on any atom is 0.291 e. The Bertz CT molecular complexity index is 1100. The van der Waals surface area contributed by atoms with E-state index in [0.717, 1.165) is 9.87 Å². The van der Waals surface area contributed by atoms with Crippen LogP contribution < -0.4 is 5.32 Å². The van der Waals surface area contributed by atoms with E-state index < -0.39 is 15.9 Å². The summed E-state index contributed by atoms with van der Waals surface area (Å²) in [6, 6.07) is 5.99. The lowest BCUT2D eigenvalue weighted by molar-refractivity contribution is 0.0929. The normalized spacial score (nSPS) is 13.1. The van der Waals surface area contributed by atoms with Gasteiger partial charge in [-0.3, -0.25) is 4.79 Å². The van der Waals surface area contributed by atoms with Crippen LogP contribution in [0.4, 0.5) is 0 Å². The number of nitrogens with zero attached hydrogens (tertiary/aromatic N) is 5. The lowest BCUT2D eigenvalue weighted by Crippen LogP contribution is -2.28. The van der Waals surface area contributed by atoms with E-state index in [9.17, 15) is 13.2 Å². The fraction of sp³-hybridized carbons (Fsp3) is 0.250. The smallest absolute Gasteiger partial charge is 0.291 e. The SMILES string of the molecule is C[C@@H](NC(=O)c1nc2ncc(Br)cn2n1)c1ccc(S(=O)(=O)N(C)C)cc1. The average molecular weight is 453 g/mol. The molecule has 0 fully saturated rings. The minimum absolute atomic E-state index is 0.000689. The third-order valence-electron chi connectivity index (χ3n) is 3.87. The maximum atomic E-state index is 12.4. The second kappa shape index (κ2) is 7.33. The molecule has 2 heterocycles. The summed E-state index contributed by atoms with van der Waals surface area (Å²) in [5.41, 5.74) is 0.755. The van der Waals surface area contributed by atoms with Crippen molar-refractivity contribution in [3.8, 4) is 0 Å². The highest BCUT2D eigenvalue weighted by Gasteiger charge is 2.19. The Hall–Kier alpha value is -2.37. The summed E-state index contributed by atoms with van der Waals surface area (Å²) >= 11 is 3.28. The van der Waals surface area contributed by atoms with Crippen molar-refractivity contribution in [2.24, 2.45) is 0 Å². The molecule has 2 aromatic heterocycles. The third kappa shape index (κ3) is 3.99. The molecule has 0 spiro atoms. The first-order valence-electron chi connectivity index (χ1n) is 7.90. The molecule has 1 amide bonds. The topological polar surface area (TPSA) is 110 Å². The molecule has 1 aromatic carbocycles. The van der Waals surface area contributed by atoms with Crippen LogP contribution in [-0.4, -0.2) is 52.3 Å². The van der Waals surface area contributed by atoms with Crippen LogP contribution >= 0.6 is 15.9 Å². The molecule has 0 radical (unpaired) electrons. The Balaban J connectivity index is 1.76. The summed E-state index contributed by atoms with van der Waals surface area (Å²) in [6.45, 7) is 1.79. The predicted octanol–water partition coefficient (Wildman–Crippen LogP) is 1.63. The number of carbonyl (C=O) groups excluding carboxylic acids is 1. The van der Waals surface area contributed by atoms with E-state index in [1.54, 1.807) is 31.5 Å². The van der Waals surface area contributed by atoms with E-state index in [0.29, 0.717) is 10.3 Å². The molecule has 1 atom stereocenters. The average Bonchev–Trinajstić information content (AvgIpc) is 3.05. The first kappa shape index (κ1) is 19.4. The van der Waals surface area contributed by atoms with E-state index in [4.69, 9.17) is 0 Å². The van der Waals surface area contributed by atoms with Crippen molar-refractivity contribution in [2.75, 3.05) is 14.1 Å². The van der Waals surface area contributed by atoms with E-state index in [-0.39, 0.29) is 16.8 Å². The first-order chi connectivity index (χ1) is 12.7. The van der Waals surface area contributed by atoms with Gasteiger partial charge in [0.15, 0.2) is 0 Å². The van der Waals surface area contributed by atoms with Crippen LogP contribution in [0.5, 0.6) is 0 Å². The molecule has 9 nitrogen and oxygen atoms in total. The first-order valence-corrected chi connectivity index (χ1v) is 10.1. The lowest BCUT2D eigenvalue weighted by atomic mass is 10.1. The molecule has 1 N–H and O–H groups in total. The molecule has 11 heteroatoms. The number of benzene rings is 1. The molecular weight excluding hydrogens is 436 g/mol. The standard InChI is InChI=1S/C16H17BrN6O3S/c1-10(11-4-6-13(7-5-11)27(25,26)22(2)3)19-15(24)14-20-16-18-8-12(17)9-23(16)21-14/h4-10H,1-3H3,(H,19,24)/t10-/m1/s1. The number of hydrogen-bond acceptors (Lipinski definition) is 6. The number of fused-ring (bicyclic) bond motifs is 1. The highest BCUT2D eigenvalue weighted by Crippen LogP contribution is 2.18. The summed E-state index contributed by atoms with van der Waals surface area (Å²) in [5, 5.41) is 6.89. The van der Waals surface area contributed by atoms with Crippen molar-refractivity contribution in [1.82, 2.24) is 29.2 Å². The zero-order chi connectivity index (χ0) is 19.8. The van der Waals surface area contributed by atoms with E-state index >= 15 is 0 Å². The van der Waals surface area contributed by atoms with Crippen LogP contribution in [0.2, 0.25) is 0 Å². The molecule has 3 aromatic rings. The summed E-state index contributed by atoms with van der Waals surface area (Å²) in [5.74, 6) is -0.136. The van der Waals surface area contributed by atoms with Crippen molar-refractivity contribution in [3.63, 3.8) is 0 Å². The van der Waals surface area contributed by atoms with Crippen LogP contribution in [0.3, 0.4) is 0 Å². The van der Waals surface area contributed by atoms with Gasteiger partial charge in [0.05, 0.1) is 15.4 Å². The van der Waals surface area contributed by atoms with Gasteiger partial charge in [0, 0.05) is 26.5 Å². The van der Waals surface area contributed by atoms with Gasteiger partial charge in [0.2, 0.25) is 15.8 Å². The van der Waals surface area contributed by atoms with Gasteiger partial charge in [0.1, 0.15) is 0 Å². The lowest BCUT2D eigenvalue weighted by Gasteiger charge is -2.15. The summed E-state index contributed by atoms with van der Waals surface area (Å²) in [6.07, 6.45) is 3.22. The fourth-order valence-electron chi connectivity index (χ4n) is 2.34. The van der Waals surface area contributed by atoms with Gasteiger partial charge in [-0.2, -0.15) is 4.98 Å². The van der Waals surface area contributed by atoms with Crippen molar-refractivity contribution in [2.45, 2.75) is 17.9 Å². The van der Waals surface area contributed by atoms with Gasteiger partial charge in [0.25, 0.3) is 11.7 Å². The van der Waals surface area contributed by atoms with Crippen molar-refractivity contribution >= 4 is 37.6 Å². The summed E-state index contributed by atoms with van der Waals surface area (Å²) in [7, 11) is -0.544. The van der Waals surface area contributed by atoms with Gasteiger partial charge in [-0.25, -0.2) is 22.2 Å². The highest BCUT2D eigenvalue weighted by molar-refractivity contribution is 9.10. The number of aromatic nitrogens is 4. The van der Waals surface area contributed by atoms with Crippen molar-refractivity contribution in [3.05, 3.63) is 52.5 Å². The second-order valence-electron chi connectivity index (χ2n) is 6.00. The zero-order valence-corrected chi connectivity index (χ0v) is 17.2. The van der Waals surface area contributed by atoms with Gasteiger partial charge in [-0.1, -0.05) is 12.1 Å². The fourth-order valence-corrected chi connectivity index (χ4v) is 3.54. The third-order valence-corrected chi connectivity index (χ3v) is 6.11. The van der Waals surface area contributed by atoms with Crippen LogP contribution in [-0.2, 0) is 10.0 Å². The van der Waals surface area contributed by atoms with Crippen LogP contribution in [0.15, 0.2) is 46.0 Å².